The molecule has 0 amide bonds. The van der Waals surface area contributed by atoms with Gasteiger partial charge in [0.25, 0.3) is 0 Å². The molecular weight excluding hydrogens is 641 g/mol. The Hall–Kier alpha value is -7.32. The van der Waals surface area contributed by atoms with Crippen molar-refractivity contribution < 1.29 is 0 Å². The van der Waals surface area contributed by atoms with E-state index in [1.54, 1.807) is 0 Å². The molecule has 0 aliphatic carbocycles. The maximum absolute atomic E-state index is 6.65. The molecule has 4 aromatic rings. The third kappa shape index (κ3) is 5.09. The van der Waals surface area contributed by atoms with E-state index in [0.29, 0.717) is 68.4 Å². The van der Waals surface area contributed by atoms with Crippen LogP contribution >= 0.6 is 0 Å². The Morgan fingerprint density at radius 2 is 0.481 bits per heavy atom. The Morgan fingerprint density at radius 1 is 0.269 bits per heavy atom. The molecule has 0 fully saturated rings. The summed E-state index contributed by atoms with van der Waals surface area (Å²) >= 11 is 0. The van der Waals surface area contributed by atoms with Crippen molar-refractivity contribution in [3.05, 3.63) is 191 Å². The molecule has 0 atom stereocenters. The van der Waals surface area contributed by atoms with Crippen molar-refractivity contribution in [2.24, 2.45) is 20.0 Å². The summed E-state index contributed by atoms with van der Waals surface area (Å²) in [5.41, 5.74) is 41.2. The fraction of sp³-hybridized carbons (Fsp3) is 0. The molecule has 52 heavy (non-hydrogen) atoms. The number of aliphatic imine (C=N–C) groups is 4. The summed E-state index contributed by atoms with van der Waals surface area (Å²) in [4.78, 5) is 21.1. The van der Waals surface area contributed by atoms with E-state index < -0.39 is 0 Å². The molecule has 248 valence electrons. The van der Waals surface area contributed by atoms with Gasteiger partial charge in [0.15, 0.2) is 0 Å². The van der Waals surface area contributed by atoms with Crippen LogP contribution in [0.3, 0.4) is 0 Å². The van der Waals surface area contributed by atoms with Gasteiger partial charge in [-0.3, -0.25) is 0 Å². The Balaban J connectivity index is 1.40. The van der Waals surface area contributed by atoms with Gasteiger partial charge in [0.2, 0.25) is 0 Å². The molecule has 0 aromatic heterocycles. The standard InChI is InChI=1S/C44H32N8/c45-29-13-5-1-9-25(29)41-33-17-19-35(49-33)42(26-10-2-6-14-30(26)46)37-21-23-39(51-37)44(28-12-4-8-16-32(28)48)40-24-22-38(52-40)43(36-20-18-34(41)50-36)27-11-3-7-15-31(27)47/h1-24H,45-48H2. The quantitative estimate of drug-likeness (QED) is 0.162. The number of allylic oxidation sites excluding steroid dienone is 12. The van der Waals surface area contributed by atoms with Gasteiger partial charge in [0.05, 0.1) is 45.6 Å². The number of nitrogens with two attached hydrogens (primary N) is 4. The minimum Gasteiger partial charge on any atom is -0.398 e. The normalized spacial score (nSPS) is 17.4. The summed E-state index contributed by atoms with van der Waals surface area (Å²) < 4.78 is 0. The third-order valence-electron chi connectivity index (χ3n) is 9.53. The van der Waals surface area contributed by atoms with Crippen molar-refractivity contribution in [3.63, 3.8) is 0 Å². The van der Waals surface area contributed by atoms with Gasteiger partial charge in [-0.2, -0.15) is 0 Å². The molecule has 0 unspecified atom stereocenters. The van der Waals surface area contributed by atoms with E-state index in [4.69, 9.17) is 42.9 Å². The largest absolute Gasteiger partial charge is 0.398 e. The van der Waals surface area contributed by atoms with Crippen LogP contribution in [0.4, 0.5) is 22.7 Å². The molecule has 5 heterocycles. The maximum atomic E-state index is 6.65. The summed E-state index contributed by atoms with van der Waals surface area (Å²) in [5, 5.41) is 0. The number of rotatable bonds is 4. The van der Waals surface area contributed by atoms with Gasteiger partial charge in [-0.05, 0) is 72.9 Å². The molecule has 8 nitrogen and oxygen atoms in total. The van der Waals surface area contributed by atoms with E-state index in [-0.39, 0.29) is 0 Å². The van der Waals surface area contributed by atoms with Crippen molar-refractivity contribution in [3.8, 4) is 0 Å². The highest BCUT2D eigenvalue weighted by Crippen LogP contribution is 2.41. The Bertz CT molecular complexity index is 2280. The molecule has 9 rings (SSSR count). The zero-order chi connectivity index (χ0) is 35.3. The van der Waals surface area contributed by atoms with E-state index in [1.807, 2.05) is 146 Å². The molecule has 5 aliphatic heterocycles. The second kappa shape index (κ2) is 12.2. The Labute approximate surface area is 300 Å². The van der Waals surface area contributed by atoms with E-state index >= 15 is 0 Å². The van der Waals surface area contributed by atoms with Gasteiger partial charge in [-0.15, -0.1) is 0 Å². The van der Waals surface area contributed by atoms with Crippen LogP contribution in [-0.4, -0.2) is 22.8 Å². The molecule has 0 radical (unpaired) electrons. The minimum absolute atomic E-state index is 0.613. The lowest BCUT2D eigenvalue weighted by molar-refractivity contribution is 1.41. The van der Waals surface area contributed by atoms with E-state index in [2.05, 4.69) is 0 Å². The molecule has 0 saturated heterocycles. The number of nitrogens with zero attached hydrogens (tertiary/aromatic N) is 4. The topological polar surface area (TPSA) is 154 Å². The number of anilines is 4. The average molecular weight is 673 g/mol. The zero-order valence-electron chi connectivity index (χ0n) is 28.0. The monoisotopic (exact) mass is 672 g/mol. The Morgan fingerprint density at radius 3 is 0.692 bits per heavy atom. The summed E-state index contributed by atoms with van der Waals surface area (Å²) in [6.07, 6.45) is 16.0. The van der Waals surface area contributed by atoms with Crippen molar-refractivity contribution in [2.45, 2.75) is 0 Å². The number of hydrogen-bond acceptors (Lipinski definition) is 8. The van der Waals surface area contributed by atoms with Gasteiger partial charge in [-0.25, -0.2) is 20.0 Å². The predicted molar refractivity (Wildman–Crippen MR) is 217 cm³/mol. The van der Waals surface area contributed by atoms with Gasteiger partial charge in [0.1, 0.15) is 0 Å². The smallest absolute Gasteiger partial charge is 0.0738 e. The number of nitrogen functional groups attached to an aromatic ring is 4. The van der Waals surface area contributed by atoms with Crippen LogP contribution in [0.25, 0.3) is 22.3 Å². The molecule has 0 spiro atoms. The van der Waals surface area contributed by atoms with E-state index in [0.717, 1.165) is 44.5 Å². The van der Waals surface area contributed by atoms with Crippen LogP contribution in [0.15, 0.2) is 188 Å². The van der Waals surface area contributed by atoms with Gasteiger partial charge >= 0.3 is 0 Å². The number of fused-ring (bicyclic) bond motifs is 4. The molecule has 5 aliphatic rings. The van der Waals surface area contributed by atoms with E-state index in [1.165, 1.54) is 0 Å². The van der Waals surface area contributed by atoms with Crippen LogP contribution < -0.4 is 22.9 Å². The Kier molecular flexibility index (Phi) is 7.22. The molecule has 8 heteroatoms. The van der Waals surface area contributed by atoms with Crippen molar-refractivity contribution >= 4 is 67.9 Å². The SMILES string of the molecule is Nc1ccccc1C1=C2C=CC(=N2)C(c2ccccc2N)=C2C=CC(=N2)C(c2ccccc2N)=C2C=CC(=N2)C(c2ccccc2N)=C2C=CC1=N2. The van der Waals surface area contributed by atoms with Crippen molar-refractivity contribution in [1.29, 1.82) is 0 Å². The van der Waals surface area contributed by atoms with Crippen LogP contribution in [0.5, 0.6) is 0 Å². The van der Waals surface area contributed by atoms with Crippen molar-refractivity contribution in [1.82, 2.24) is 0 Å². The molecular formula is C44H32N8. The minimum atomic E-state index is 0.613. The first kappa shape index (κ1) is 30.7. The van der Waals surface area contributed by atoms with Crippen LogP contribution in [0, 0.1) is 0 Å². The zero-order valence-corrected chi connectivity index (χ0v) is 28.0. The molecule has 8 N–H and O–H groups in total. The molecule has 4 aromatic carbocycles. The second-order valence-electron chi connectivity index (χ2n) is 12.7. The lowest BCUT2D eigenvalue weighted by Crippen LogP contribution is -2.06. The predicted octanol–water partition coefficient (Wildman–Crippen LogP) is 8.02. The summed E-state index contributed by atoms with van der Waals surface area (Å²) in [7, 11) is 0. The number of para-hydroxylation sites is 4. The maximum Gasteiger partial charge on any atom is 0.0738 e. The van der Waals surface area contributed by atoms with Gasteiger partial charge in [-0.1, -0.05) is 72.8 Å². The van der Waals surface area contributed by atoms with E-state index in [9.17, 15) is 0 Å². The van der Waals surface area contributed by atoms with Crippen LogP contribution in [-0.2, 0) is 0 Å². The second-order valence-corrected chi connectivity index (χ2v) is 12.7. The first-order chi connectivity index (χ1) is 25.4. The molecule has 8 bridgehead atoms. The van der Waals surface area contributed by atoms with Gasteiger partial charge < -0.3 is 22.9 Å². The summed E-state index contributed by atoms with van der Waals surface area (Å²) in [5.74, 6) is 0. The highest BCUT2D eigenvalue weighted by atomic mass is 14.9. The van der Waals surface area contributed by atoms with Crippen LogP contribution in [0.2, 0.25) is 0 Å². The lowest BCUT2D eigenvalue weighted by Gasteiger charge is -2.14. The first-order valence-electron chi connectivity index (χ1n) is 16.9. The average Bonchev–Trinajstić information content (AvgIpc) is 3.99. The number of hydrogen-bond donors (Lipinski definition) is 4. The molecule has 0 saturated carbocycles. The highest BCUT2D eigenvalue weighted by molar-refractivity contribution is 6.40. The summed E-state index contributed by atoms with van der Waals surface area (Å²) in [6.45, 7) is 0. The fourth-order valence-electron chi connectivity index (χ4n) is 7.09. The summed E-state index contributed by atoms with van der Waals surface area (Å²) in [6, 6.07) is 31.1. The number of benzene rings is 4. The highest BCUT2D eigenvalue weighted by Gasteiger charge is 2.29. The van der Waals surface area contributed by atoms with Crippen molar-refractivity contribution in [2.75, 3.05) is 22.9 Å². The third-order valence-corrected chi connectivity index (χ3v) is 9.53. The fourth-order valence-corrected chi connectivity index (χ4v) is 7.09. The first-order valence-corrected chi connectivity index (χ1v) is 16.9. The van der Waals surface area contributed by atoms with Crippen LogP contribution in [0.1, 0.15) is 22.3 Å². The van der Waals surface area contributed by atoms with Gasteiger partial charge in [0, 0.05) is 67.3 Å². The lowest BCUT2D eigenvalue weighted by atomic mass is 9.97.